The fraction of sp³-hybridized carbons (Fsp3) is 0.375. The van der Waals surface area contributed by atoms with Gasteiger partial charge in [-0.2, -0.15) is 12.1 Å². The molecular weight excluding hydrogens is 110 g/mol. The Morgan fingerprint density at radius 3 is 2.22 bits per heavy atom. The molecular formula is C8H12N-. The zero-order valence-electron chi connectivity index (χ0n) is 5.96. The highest BCUT2D eigenvalue weighted by Gasteiger charge is 1.84. The van der Waals surface area contributed by atoms with Crippen LogP contribution in [0.1, 0.15) is 5.56 Å². The first-order valence-electron chi connectivity index (χ1n) is 3.14. The van der Waals surface area contributed by atoms with Crippen LogP contribution < -0.4 is 0 Å². The fourth-order valence-corrected chi connectivity index (χ4v) is 0.884. The number of rotatable bonds is 2. The van der Waals surface area contributed by atoms with Crippen molar-refractivity contribution in [2.75, 3.05) is 14.1 Å². The predicted octanol–water partition coefficient (Wildman–Crippen LogP) is 1.47. The van der Waals surface area contributed by atoms with Crippen molar-refractivity contribution in [3.8, 4) is 0 Å². The second kappa shape index (κ2) is 2.74. The Bertz CT molecular complexity index is 151. The summed E-state index contributed by atoms with van der Waals surface area (Å²) in [5, 5.41) is 0. The molecule has 9 heavy (non-hydrogen) atoms. The van der Waals surface area contributed by atoms with Gasteiger partial charge in [-0.05, 0) is 20.6 Å². The maximum Gasteiger partial charge on any atom is -0.0145 e. The highest BCUT2D eigenvalue weighted by atomic mass is 15.0. The van der Waals surface area contributed by atoms with Crippen LogP contribution in [0.4, 0.5) is 0 Å². The van der Waals surface area contributed by atoms with E-state index < -0.39 is 0 Å². The van der Waals surface area contributed by atoms with Crippen LogP contribution in [0.15, 0.2) is 24.3 Å². The quantitative estimate of drug-likeness (QED) is 0.537. The van der Waals surface area contributed by atoms with Crippen molar-refractivity contribution in [1.29, 1.82) is 0 Å². The van der Waals surface area contributed by atoms with Gasteiger partial charge >= 0.3 is 0 Å². The van der Waals surface area contributed by atoms with Crippen molar-refractivity contribution in [3.05, 3.63) is 29.8 Å². The first-order valence-corrected chi connectivity index (χ1v) is 3.14. The summed E-state index contributed by atoms with van der Waals surface area (Å²) in [4.78, 5) is 2.16. The number of hydrogen-bond acceptors (Lipinski definition) is 1. The van der Waals surface area contributed by atoms with Gasteiger partial charge in [0.2, 0.25) is 0 Å². The predicted molar refractivity (Wildman–Crippen MR) is 39.4 cm³/mol. The Morgan fingerprint density at radius 2 is 1.78 bits per heavy atom. The zero-order chi connectivity index (χ0) is 6.69. The molecule has 0 aliphatic heterocycles. The van der Waals surface area contributed by atoms with Crippen LogP contribution in [0.3, 0.4) is 0 Å². The molecule has 0 bridgehead atoms. The van der Waals surface area contributed by atoms with Gasteiger partial charge in [0.15, 0.2) is 0 Å². The smallest absolute Gasteiger partial charge is 0.0145 e. The van der Waals surface area contributed by atoms with Crippen LogP contribution in [0.2, 0.25) is 0 Å². The third-order valence-corrected chi connectivity index (χ3v) is 1.23. The summed E-state index contributed by atoms with van der Waals surface area (Å²) < 4.78 is 0. The average Bonchev–Trinajstić information content (AvgIpc) is 2.15. The first-order chi connectivity index (χ1) is 4.29. The maximum atomic E-state index is 2.16. The standard InChI is InChI=1S/C8H12N/c1-9(2)7-8-5-3-4-6-8/h3-6H,7H2,1-2H3/q-1. The number of hydrogen-bond donors (Lipinski definition) is 0. The van der Waals surface area contributed by atoms with Gasteiger partial charge in [-0.1, -0.05) is 0 Å². The van der Waals surface area contributed by atoms with Crippen LogP contribution in [0, 0.1) is 0 Å². The highest BCUT2D eigenvalue weighted by Crippen LogP contribution is 2.00. The summed E-state index contributed by atoms with van der Waals surface area (Å²) in [7, 11) is 4.15. The van der Waals surface area contributed by atoms with E-state index in [0.29, 0.717) is 0 Å². The Morgan fingerprint density at radius 1 is 1.22 bits per heavy atom. The summed E-state index contributed by atoms with van der Waals surface area (Å²) in [5.74, 6) is 0. The molecule has 0 saturated carbocycles. The molecule has 0 radical (unpaired) electrons. The Hall–Kier alpha value is -0.690. The monoisotopic (exact) mass is 122 g/mol. The van der Waals surface area contributed by atoms with Gasteiger partial charge in [0, 0.05) is 0 Å². The molecule has 1 aromatic rings. The summed E-state index contributed by atoms with van der Waals surface area (Å²) in [6.45, 7) is 1.05. The minimum Gasteiger partial charge on any atom is -0.316 e. The molecule has 0 aliphatic carbocycles. The van der Waals surface area contributed by atoms with Crippen LogP contribution >= 0.6 is 0 Å². The van der Waals surface area contributed by atoms with Crippen molar-refractivity contribution < 1.29 is 0 Å². The topological polar surface area (TPSA) is 3.24 Å². The van der Waals surface area contributed by atoms with Gasteiger partial charge in [0.1, 0.15) is 0 Å². The van der Waals surface area contributed by atoms with E-state index >= 15 is 0 Å². The second-order valence-electron chi connectivity index (χ2n) is 2.53. The van der Waals surface area contributed by atoms with E-state index in [4.69, 9.17) is 0 Å². The molecule has 1 aromatic carbocycles. The van der Waals surface area contributed by atoms with Gasteiger partial charge in [-0.25, -0.2) is 12.1 Å². The van der Waals surface area contributed by atoms with Crippen molar-refractivity contribution >= 4 is 0 Å². The maximum absolute atomic E-state index is 2.16. The average molecular weight is 122 g/mol. The fourth-order valence-electron chi connectivity index (χ4n) is 0.884. The van der Waals surface area contributed by atoms with Gasteiger partial charge in [-0.15, -0.1) is 5.56 Å². The molecule has 1 nitrogen and oxygen atoms in total. The molecule has 0 spiro atoms. The Labute approximate surface area is 56.3 Å². The summed E-state index contributed by atoms with van der Waals surface area (Å²) in [6.07, 6.45) is 0. The van der Waals surface area contributed by atoms with E-state index in [-0.39, 0.29) is 0 Å². The molecule has 0 unspecified atom stereocenters. The van der Waals surface area contributed by atoms with Crippen LogP contribution in [0.25, 0.3) is 0 Å². The van der Waals surface area contributed by atoms with Crippen LogP contribution in [-0.4, -0.2) is 19.0 Å². The first kappa shape index (κ1) is 6.43. The Kier molecular flexibility index (Phi) is 1.96. The molecule has 50 valence electrons. The minimum absolute atomic E-state index is 1.05. The van der Waals surface area contributed by atoms with E-state index in [1.807, 2.05) is 0 Å². The van der Waals surface area contributed by atoms with Gasteiger partial charge < -0.3 is 4.90 Å². The summed E-state index contributed by atoms with van der Waals surface area (Å²) in [5.41, 5.74) is 1.39. The van der Waals surface area contributed by atoms with E-state index in [1.54, 1.807) is 0 Å². The molecule has 0 heterocycles. The van der Waals surface area contributed by atoms with E-state index in [0.717, 1.165) is 6.54 Å². The highest BCUT2D eigenvalue weighted by molar-refractivity contribution is 5.15. The minimum atomic E-state index is 1.05. The van der Waals surface area contributed by atoms with Gasteiger partial charge in [0.05, 0.1) is 0 Å². The summed E-state index contributed by atoms with van der Waals surface area (Å²) in [6, 6.07) is 8.41. The largest absolute Gasteiger partial charge is 0.316 e. The van der Waals surface area contributed by atoms with Gasteiger partial charge in [-0.3, -0.25) is 0 Å². The summed E-state index contributed by atoms with van der Waals surface area (Å²) >= 11 is 0. The molecule has 0 aliphatic rings. The van der Waals surface area contributed by atoms with Gasteiger partial charge in [0.25, 0.3) is 0 Å². The molecule has 1 heteroatoms. The van der Waals surface area contributed by atoms with Crippen molar-refractivity contribution in [2.24, 2.45) is 0 Å². The lowest BCUT2D eigenvalue weighted by atomic mass is 10.3. The third kappa shape index (κ3) is 1.94. The molecule has 0 saturated heterocycles. The van der Waals surface area contributed by atoms with Crippen LogP contribution in [0.5, 0.6) is 0 Å². The van der Waals surface area contributed by atoms with Crippen LogP contribution in [-0.2, 0) is 6.54 Å². The zero-order valence-corrected chi connectivity index (χ0v) is 5.96. The molecule has 0 N–H and O–H groups in total. The van der Waals surface area contributed by atoms with Crippen molar-refractivity contribution in [1.82, 2.24) is 4.90 Å². The van der Waals surface area contributed by atoms with E-state index in [9.17, 15) is 0 Å². The van der Waals surface area contributed by atoms with E-state index in [2.05, 4.69) is 43.3 Å². The molecule has 0 atom stereocenters. The Balaban J connectivity index is 2.48. The lowest BCUT2D eigenvalue weighted by Crippen LogP contribution is -2.09. The lowest BCUT2D eigenvalue weighted by molar-refractivity contribution is 0.403. The lowest BCUT2D eigenvalue weighted by Gasteiger charge is -2.10. The second-order valence-corrected chi connectivity index (χ2v) is 2.53. The van der Waals surface area contributed by atoms with Crippen molar-refractivity contribution in [2.45, 2.75) is 6.54 Å². The molecule has 0 fully saturated rings. The normalized spacial score (nSPS) is 10.6. The number of nitrogens with zero attached hydrogens (tertiary/aromatic N) is 1. The molecule has 0 amide bonds. The van der Waals surface area contributed by atoms with Crippen molar-refractivity contribution in [3.63, 3.8) is 0 Å². The molecule has 0 aromatic heterocycles. The third-order valence-electron chi connectivity index (χ3n) is 1.23. The SMILES string of the molecule is CN(C)C[c-]1cccc1. The van der Waals surface area contributed by atoms with E-state index in [1.165, 1.54) is 5.56 Å². The molecule has 1 rings (SSSR count).